The second-order valence-electron chi connectivity index (χ2n) is 5.13. The highest BCUT2D eigenvalue weighted by Gasteiger charge is 2.36. The Hall–Kier alpha value is -1.31. The Morgan fingerprint density at radius 1 is 1.24 bits per heavy atom. The van der Waals surface area contributed by atoms with E-state index in [4.69, 9.17) is 4.99 Å². The lowest BCUT2D eigenvalue weighted by molar-refractivity contribution is 0.591. The maximum absolute atomic E-state index is 4.83. The van der Waals surface area contributed by atoms with Gasteiger partial charge in [0.05, 0.1) is 5.69 Å². The van der Waals surface area contributed by atoms with Crippen LogP contribution in [-0.4, -0.2) is 12.4 Å². The first-order valence-corrected chi connectivity index (χ1v) is 6.81. The summed E-state index contributed by atoms with van der Waals surface area (Å²) in [5.41, 5.74) is 2.66. The Morgan fingerprint density at radius 3 is 2.94 bits per heavy atom. The van der Waals surface area contributed by atoms with Crippen molar-refractivity contribution < 1.29 is 0 Å². The summed E-state index contributed by atoms with van der Waals surface area (Å²) in [5, 5.41) is 3.53. The van der Waals surface area contributed by atoms with Gasteiger partial charge in [-0.2, -0.15) is 0 Å². The first kappa shape index (κ1) is 10.8. The summed E-state index contributed by atoms with van der Waals surface area (Å²) in [4.78, 5) is 4.83. The largest absolute Gasteiger partial charge is 0.373 e. The molecule has 1 aromatic carbocycles. The summed E-state index contributed by atoms with van der Waals surface area (Å²) < 4.78 is 0. The van der Waals surface area contributed by atoms with E-state index in [2.05, 4.69) is 36.5 Å². The lowest BCUT2D eigenvalue weighted by atomic mass is 9.84. The summed E-state index contributed by atoms with van der Waals surface area (Å²) in [6.07, 6.45) is 5.14. The van der Waals surface area contributed by atoms with Crippen LogP contribution in [0.2, 0.25) is 0 Å². The fourth-order valence-electron chi connectivity index (χ4n) is 3.20. The molecule has 0 bridgehead atoms. The van der Waals surface area contributed by atoms with Crippen molar-refractivity contribution in [3.63, 3.8) is 0 Å². The minimum Gasteiger partial charge on any atom is -0.373 e. The maximum atomic E-state index is 4.83. The van der Waals surface area contributed by atoms with Crippen LogP contribution in [0.5, 0.6) is 0 Å². The van der Waals surface area contributed by atoms with E-state index in [1.165, 1.54) is 36.3 Å². The molecule has 2 atom stereocenters. The third-order valence-corrected chi connectivity index (χ3v) is 4.00. The van der Waals surface area contributed by atoms with Crippen LogP contribution in [-0.2, 0) is 0 Å². The smallest absolute Gasteiger partial charge is 0.106 e. The molecule has 1 aromatic rings. The van der Waals surface area contributed by atoms with Gasteiger partial charge < -0.3 is 5.32 Å². The van der Waals surface area contributed by atoms with E-state index in [9.17, 15) is 0 Å². The third-order valence-electron chi connectivity index (χ3n) is 4.00. The van der Waals surface area contributed by atoms with Crippen LogP contribution in [0.3, 0.4) is 0 Å². The average Bonchev–Trinajstić information content (AvgIpc) is 2.85. The Labute approximate surface area is 103 Å². The van der Waals surface area contributed by atoms with E-state index < -0.39 is 0 Å². The molecule has 0 amide bonds. The molecule has 0 radical (unpaired) electrons. The lowest BCUT2D eigenvalue weighted by Crippen LogP contribution is -2.34. The van der Waals surface area contributed by atoms with Crippen molar-refractivity contribution in [1.82, 2.24) is 5.32 Å². The van der Waals surface area contributed by atoms with Crippen molar-refractivity contribution >= 4 is 11.5 Å². The molecule has 1 fully saturated rings. The molecule has 3 rings (SSSR count). The Balaban J connectivity index is 1.96. The molecule has 1 aliphatic carbocycles. The number of rotatable bonds is 2. The summed E-state index contributed by atoms with van der Waals surface area (Å²) in [7, 11) is 0. The molecule has 2 nitrogen and oxygen atoms in total. The first-order chi connectivity index (χ1) is 8.40. The van der Waals surface area contributed by atoms with E-state index >= 15 is 0 Å². The van der Waals surface area contributed by atoms with Crippen molar-refractivity contribution in [1.29, 1.82) is 0 Å². The number of nitrogens with zero attached hydrogens (tertiary/aromatic N) is 1. The first-order valence-electron chi connectivity index (χ1n) is 6.81. The predicted octanol–water partition coefficient (Wildman–Crippen LogP) is 3.61. The minimum absolute atomic E-state index is 0.649. The zero-order valence-corrected chi connectivity index (χ0v) is 10.4. The van der Waals surface area contributed by atoms with Crippen molar-refractivity contribution in [2.75, 3.05) is 6.54 Å². The van der Waals surface area contributed by atoms with Gasteiger partial charge in [0.25, 0.3) is 0 Å². The fraction of sp³-hybridized carbons (Fsp3) is 0.533. The highest BCUT2D eigenvalue weighted by atomic mass is 15.0. The monoisotopic (exact) mass is 228 g/mol. The lowest BCUT2D eigenvalue weighted by Gasteiger charge is -2.28. The summed E-state index contributed by atoms with van der Waals surface area (Å²) in [6, 6.07) is 8.65. The van der Waals surface area contributed by atoms with Crippen molar-refractivity contribution in [3.8, 4) is 0 Å². The molecule has 2 unspecified atom stereocenters. The molecule has 0 spiro atoms. The molecule has 90 valence electrons. The van der Waals surface area contributed by atoms with Crippen LogP contribution >= 0.6 is 0 Å². The van der Waals surface area contributed by atoms with Gasteiger partial charge in [-0.1, -0.05) is 31.5 Å². The number of hydrogen-bond acceptors (Lipinski definition) is 2. The van der Waals surface area contributed by atoms with Gasteiger partial charge in [0, 0.05) is 12.5 Å². The van der Waals surface area contributed by atoms with Crippen LogP contribution in [0.1, 0.15) is 44.1 Å². The van der Waals surface area contributed by atoms with Gasteiger partial charge in [0.1, 0.15) is 5.84 Å². The molecule has 1 N–H and O–H groups in total. The predicted molar refractivity (Wildman–Crippen MR) is 71.9 cm³/mol. The fourth-order valence-corrected chi connectivity index (χ4v) is 3.20. The van der Waals surface area contributed by atoms with Gasteiger partial charge in [0.2, 0.25) is 0 Å². The second-order valence-corrected chi connectivity index (χ2v) is 5.13. The number of benzene rings is 1. The molecule has 1 heterocycles. The van der Waals surface area contributed by atoms with Crippen LogP contribution in [0.4, 0.5) is 5.69 Å². The van der Waals surface area contributed by atoms with E-state index in [-0.39, 0.29) is 0 Å². The van der Waals surface area contributed by atoms with Gasteiger partial charge in [0.15, 0.2) is 0 Å². The SMILES string of the molecule is CCCNC1=Nc2ccccc2C2CCCC12. The standard InChI is InChI=1S/C15H20N2/c1-2-10-16-15-13-8-5-7-11(13)12-6-3-4-9-14(12)17-15/h3-4,6,9,11,13H,2,5,7-8,10H2,1H3,(H,16,17). The van der Waals surface area contributed by atoms with Crippen LogP contribution in [0.15, 0.2) is 29.3 Å². The molecule has 1 saturated carbocycles. The Kier molecular flexibility index (Phi) is 2.87. The molecule has 2 heteroatoms. The molecular weight excluding hydrogens is 208 g/mol. The molecular formula is C15H20N2. The zero-order valence-electron chi connectivity index (χ0n) is 10.4. The van der Waals surface area contributed by atoms with Gasteiger partial charge >= 0.3 is 0 Å². The van der Waals surface area contributed by atoms with Crippen LogP contribution < -0.4 is 5.32 Å². The number of nitrogens with one attached hydrogen (secondary N) is 1. The number of amidine groups is 1. The van der Waals surface area contributed by atoms with Gasteiger partial charge in [-0.3, -0.25) is 0 Å². The summed E-state index contributed by atoms with van der Waals surface area (Å²) in [5.74, 6) is 2.60. The second kappa shape index (κ2) is 4.52. The highest BCUT2D eigenvalue weighted by molar-refractivity contribution is 5.90. The minimum atomic E-state index is 0.649. The van der Waals surface area contributed by atoms with Gasteiger partial charge in [-0.05, 0) is 36.8 Å². The van der Waals surface area contributed by atoms with Gasteiger partial charge in [-0.25, -0.2) is 4.99 Å². The Bertz CT molecular complexity index is 436. The number of para-hydroxylation sites is 1. The Morgan fingerprint density at radius 2 is 2.06 bits per heavy atom. The summed E-state index contributed by atoms with van der Waals surface area (Å²) >= 11 is 0. The topological polar surface area (TPSA) is 24.4 Å². The van der Waals surface area contributed by atoms with Crippen LogP contribution in [0, 0.1) is 5.92 Å². The number of fused-ring (bicyclic) bond motifs is 3. The van der Waals surface area contributed by atoms with Gasteiger partial charge in [-0.15, -0.1) is 0 Å². The third kappa shape index (κ3) is 1.86. The molecule has 2 aliphatic rings. The normalized spacial score (nSPS) is 26.1. The van der Waals surface area contributed by atoms with Crippen LogP contribution in [0.25, 0.3) is 0 Å². The number of hydrogen-bond donors (Lipinski definition) is 1. The zero-order chi connectivity index (χ0) is 11.7. The van der Waals surface area contributed by atoms with E-state index in [0.29, 0.717) is 11.8 Å². The maximum Gasteiger partial charge on any atom is 0.106 e. The number of aliphatic imine (C=N–C) groups is 1. The van der Waals surface area contributed by atoms with E-state index in [1.807, 2.05) is 0 Å². The van der Waals surface area contributed by atoms with Crippen molar-refractivity contribution in [3.05, 3.63) is 29.8 Å². The van der Waals surface area contributed by atoms with E-state index in [1.54, 1.807) is 0 Å². The molecule has 0 aromatic heterocycles. The molecule has 17 heavy (non-hydrogen) atoms. The van der Waals surface area contributed by atoms with E-state index in [0.717, 1.165) is 13.0 Å². The van der Waals surface area contributed by atoms with Crippen molar-refractivity contribution in [2.24, 2.45) is 10.9 Å². The molecule has 1 aliphatic heterocycles. The highest BCUT2D eigenvalue weighted by Crippen LogP contribution is 2.46. The average molecular weight is 228 g/mol. The quantitative estimate of drug-likeness (QED) is 0.821. The summed E-state index contributed by atoms with van der Waals surface area (Å²) in [6.45, 7) is 3.25. The molecule has 0 saturated heterocycles. The van der Waals surface area contributed by atoms with Crippen molar-refractivity contribution in [2.45, 2.75) is 38.5 Å².